The maximum atomic E-state index is 12.7. The van der Waals surface area contributed by atoms with Crippen molar-refractivity contribution in [3.8, 4) is 10.6 Å². The van der Waals surface area contributed by atoms with E-state index in [0.29, 0.717) is 18.4 Å². The molecule has 0 aliphatic rings. The number of aromatic nitrogens is 2. The van der Waals surface area contributed by atoms with Crippen LogP contribution in [-0.4, -0.2) is 28.7 Å². The first-order valence-electron chi connectivity index (χ1n) is 10.2. The molecule has 162 valence electrons. The van der Waals surface area contributed by atoms with Crippen LogP contribution in [0.15, 0.2) is 60.0 Å². The van der Waals surface area contributed by atoms with E-state index >= 15 is 0 Å². The number of benzene rings is 2. The Morgan fingerprint density at radius 2 is 1.75 bits per heavy atom. The molecule has 0 radical (unpaired) electrons. The number of anilines is 1. The van der Waals surface area contributed by atoms with Gasteiger partial charge in [-0.1, -0.05) is 30.3 Å². The summed E-state index contributed by atoms with van der Waals surface area (Å²) in [5.41, 5.74) is 4.13. The Hall–Kier alpha value is -3.16. The number of thiazole rings is 2. The van der Waals surface area contributed by atoms with Gasteiger partial charge in [-0.2, -0.15) is 0 Å². The molecule has 4 aromatic rings. The molecule has 32 heavy (non-hydrogen) atoms. The topological polar surface area (TPSA) is 63.2 Å². The second-order valence-corrected chi connectivity index (χ2v) is 9.71. The van der Waals surface area contributed by atoms with Gasteiger partial charge in [0.2, 0.25) is 0 Å². The fourth-order valence-corrected chi connectivity index (χ4v) is 5.26. The van der Waals surface area contributed by atoms with Crippen molar-refractivity contribution in [3.63, 3.8) is 0 Å². The molecule has 2 aromatic heterocycles. The highest BCUT2D eigenvalue weighted by atomic mass is 32.1. The lowest BCUT2D eigenvalue weighted by Gasteiger charge is -2.18. The van der Waals surface area contributed by atoms with Gasteiger partial charge in [0, 0.05) is 30.1 Å². The van der Waals surface area contributed by atoms with E-state index in [-0.39, 0.29) is 11.7 Å². The van der Waals surface area contributed by atoms with Crippen LogP contribution in [0.5, 0.6) is 0 Å². The number of amides is 1. The van der Waals surface area contributed by atoms with Gasteiger partial charge in [0.25, 0.3) is 5.91 Å². The van der Waals surface area contributed by atoms with E-state index in [0.717, 1.165) is 37.5 Å². The van der Waals surface area contributed by atoms with E-state index in [4.69, 9.17) is 0 Å². The lowest BCUT2D eigenvalue weighted by molar-refractivity contribution is -0.117. The van der Waals surface area contributed by atoms with Gasteiger partial charge in [-0.05, 0) is 43.7 Å². The number of rotatable bonds is 7. The lowest BCUT2D eigenvalue weighted by atomic mass is 10.1. The van der Waals surface area contributed by atoms with Crippen molar-refractivity contribution in [2.75, 3.05) is 11.9 Å². The van der Waals surface area contributed by atoms with E-state index in [2.05, 4.69) is 9.97 Å². The van der Waals surface area contributed by atoms with Gasteiger partial charge < -0.3 is 4.90 Å². The molecule has 0 aliphatic carbocycles. The molecule has 2 aromatic carbocycles. The van der Waals surface area contributed by atoms with Crippen molar-refractivity contribution >= 4 is 40.1 Å². The summed E-state index contributed by atoms with van der Waals surface area (Å²) in [6, 6.07) is 16.7. The summed E-state index contributed by atoms with van der Waals surface area (Å²) in [7, 11) is 1.75. The van der Waals surface area contributed by atoms with Crippen LogP contribution in [0.3, 0.4) is 0 Å². The van der Waals surface area contributed by atoms with Crippen LogP contribution in [0.1, 0.15) is 31.6 Å². The predicted octanol–water partition coefficient (Wildman–Crippen LogP) is 5.51. The number of carbonyl (C=O) groups is 2. The minimum absolute atomic E-state index is 0.0852. The molecular formula is C25H23N3O2S2. The Labute approximate surface area is 195 Å². The minimum atomic E-state index is -0.0852. The molecule has 0 saturated carbocycles. The van der Waals surface area contributed by atoms with E-state index in [1.54, 1.807) is 35.4 Å². The van der Waals surface area contributed by atoms with Gasteiger partial charge in [-0.15, -0.1) is 22.7 Å². The van der Waals surface area contributed by atoms with Crippen LogP contribution in [0, 0.1) is 13.8 Å². The van der Waals surface area contributed by atoms with Crippen LogP contribution in [0.4, 0.5) is 5.69 Å². The molecule has 0 unspecified atom stereocenters. The number of nitrogens with zero attached hydrogens (tertiary/aromatic N) is 3. The van der Waals surface area contributed by atoms with Crippen LogP contribution >= 0.6 is 22.7 Å². The first kappa shape index (κ1) is 22.0. The molecule has 4 rings (SSSR count). The summed E-state index contributed by atoms with van der Waals surface area (Å²) in [5, 5.41) is 3.81. The monoisotopic (exact) mass is 461 g/mol. The Balaban J connectivity index is 1.42. The summed E-state index contributed by atoms with van der Waals surface area (Å²) in [6.45, 7) is 3.96. The van der Waals surface area contributed by atoms with Crippen molar-refractivity contribution in [3.05, 3.63) is 86.8 Å². The highest BCUT2D eigenvalue weighted by molar-refractivity contribution is 7.16. The van der Waals surface area contributed by atoms with Gasteiger partial charge in [0.05, 0.1) is 27.7 Å². The number of ketones is 1. The molecular weight excluding hydrogens is 438 g/mol. The van der Waals surface area contributed by atoms with Crippen molar-refractivity contribution in [1.82, 2.24) is 9.97 Å². The van der Waals surface area contributed by atoms with E-state index < -0.39 is 0 Å². The Kier molecular flexibility index (Phi) is 6.58. The average Bonchev–Trinajstić information content (AvgIpc) is 3.38. The Bertz CT molecular complexity index is 1260. The molecule has 0 aliphatic heterocycles. The third kappa shape index (κ3) is 5.00. The minimum Gasteiger partial charge on any atom is -0.311 e. The maximum absolute atomic E-state index is 12.7. The number of hydrogen-bond donors (Lipinski definition) is 0. The first-order valence-corrected chi connectivity index (χ1v) is 11.9. The van der Waals surface area contributed by atoms with Crippen LogP contribution < -0.4 is 4.90 Å². The molecule has 7 heteroatoms. The second-order valence-electron chi connectivity index (χ2n) is 7.57. The van der Waals surface area contributed by atoms with Crippen molar-refractivity contribution in [2.24, 2.45) is 0 Å². The molecule has 0 atom stereocenters. The zero-order valence-electron chi connectivity index (χ0n) is 18.2. The molecule has 0 bridgehead atoms. The lowest BCUT2D eigenvalue weighted by Crippen LogP contribution is -2.26. The zero-order chi connectivity index (χ0) is 22.7. The van der Waals surface area contributed by atoms with Gasteiger partial charge in [0.1, 0.15) is 10.8 Å². The fourth-order valence-electron chi connectivity index (χ4n) is 3.49. The molecule has 0 fully saturated rings. The average molecular weight is 462 g/mol. The highest BCUT2D eigenvalue weighted by Crippen LogP contribution is 2.30. The second kappa shape index (κ2) is 9.54. The first-order chi connectivity index (χ1) is 15.4. The highest BCUT2D eigenvalue weighted by Gasteiger charge is 2.16. The summed E-state index contributed by atoms with van der Waals surface area (Å²) < 4.78 is 0. The summed E-state index contributed by atoms with van der Waals surface area (Å²) >= 11 is 3.13. The van der Waals surface area contributed by atoms with Crippen molar-refractivity contribution < 1.29 is 9.59 Å². The van der Waals surface area contributed by atoms with Gasteiger partial charge in [-0.25, -0.2) is 9.97 Å². The molecule has 2 heterocycles. The molecule has 0 saturated heterocycles. The normalized spacial score (nSPS) is 10.8. The molecule has 0 N–H and O–H groups in total. The fraction of sp³-hybridized carbons (Fsp3) is 0.200. The summed E-state index contributed by atoms with van der Waals surface area (Å²) in [4.78, 5) is 37.2. The number of carbonyl (C=O) groups excluding carboxylic acids is 2. The van der Waals surface area contributed by atoms with Gasteiger partial charge in [-0.3, -0.25) is 9.59 Å². The van der Waals surface area contributed by atoms with Crippen molar-refractivity contribution in [1.29, 1.82) is 0 Å². The van der Waals surface area contributed by atoms with Gasteiger partial charge >= 0.3 is 0 Å². The third-order valence-electron chi connectivity index (χ3n) is 5.06. The summed E-state index contributed by atoms with van der Waals surface area (Å²) in [5.74, 6) is 0.00952. The summed E-state index contributed by atoms with van der Waals surface area (Å²) in [6.07, 6.45) is 0.597. The smallest absolute Gasteiger partial charge is 0.258 e. The Morgan fingerprint density at radius 3 is 2.47 bits per heavy atom. The van der Waals surface area contributed by atoms with E-state index in [9.17, 15) is 9.59 Å². The van der Waals surface area contributed by atoms with Crippen LogP contribution in [0.2, 0.25) is 0 Å². The van der Waals surface area contributed by atoms with E-state index in [1.807, 2.05) is 61.7 Å². The number of aryl methyl sites for hydroxylation is 2. The van der Waals surface area contributed by atoms with Crippen molar-refractivity contribution in [2.45, 2.75) is 26.7 Å². The van der Waals surface area contributed by atoms with Gasteiger partial charge in [0.15, 0.2) is 0 Å². The standard InChI is InChI=1S/C25H23N3O2S2/c1-16-24(32-17(2)26-16)22-15-31-23(27-22)14-21(29)13-18-8-7-11-20(12-18)28(3)25(30)19-9-5-4-6-10-19/h4-12,15H,13-14H2,1-3H3. The molecule has 0 spiro atoms. The quantitative estimate of drug-likeness (QED) is 0.364. The van der Waals surface area contributed by atoms with E-state index in [1.165, 1.54) is 11.3 Å². The Morgan fingerprint density at radius 1 is 0.969 bits per heavy atom. The number of Topliss-reactive ketones (excluding diaryl/α,β-unsaturated/α-hetero) is 1. The maximum Gasteiger partial charge on any atom is 0.258 e. The van der Waals surface area contributed by atoms with Crippen LogP contribution in [-0.2, 0) is 17.6 Å². The third-order valence-corrected chi connectivity index (χ3v) is 7.01. The largest absolute Gasteiger partial charge is 0.311 e. The predicted molar refractivity (Wildman–Crippen MR) is 131 cm³/mol. The SMILES string of the molecule is Cc1nc(C)c(-c2csc(CC(=O)Cc3cccc(N(C)C(=O)c4ccccc4)c3)n2)s1. The van der Waals surface area contributed by atoms with Crippen LogP contribution in [0.25, 0.3) is 10.6 Å². The zero-order valence-corrected chi connectivity index (χ0v) is 19.8. The number of hydrogen-bond acceptors (Lipinski definition) is 6. The molecule has 1 amide bonds. The molecule has 5 nitrogen and oxygen atoms in total.